The van der Waals surface area contributed by atoms with E-state index in [9.17, 15) is 5.26 Å². The molecule has 0 saturated carbocycles. The summed E-state index contributed by atoms with van der Waals surface area (Å²) in [6.45, 7) is 6.40. The molecule has 2 aromatic carbocycles. The highest BCUT2D eigenvalue weighted by Crippen LogP contribution is 2.28. The summed E-state index contributed by atoms with van der Waals surface area (Å²) in [6.07, 6.45) is 0.742. The average molecular weight is 263 g/mol. The van der Waals surface area contributed by atoms with Crippen LogP contribution in [0.5, 0.6) is 0 Å². The lowest BCUT2D eigenvalue weighted by molar-refractivity contribution is 0.606. The van der Waals surface area contributed by atoms with Crippen LogP contribution in [0.3, 0.4) is 0 Å². The highest BCUT2D eigenvalue weighted by Gasteiger charge is 2.26. The molecule has 0 fully saturated rings. The Hall–Kier alpha value is -2.07. The number of nitrogens with zero attached hydrogens (tertiary/aromatic N) is 1. The maximum atomic E-state index is 9.59. The van der Waals surface area contributed by atoms with Crippen LogP contribution in [0.2, 0.25) is 0 Å². The van der Waals surface area contributed by atoms with E-state index in [-0.39, 0.29) is 0 Å². The molecule has 0 aliphatic heterocycles. The Morgan fingerprint density at radius 3 is 2.10 bits per heavy atom. The van der Waals surface area contributed by atoms with Gasteiger partial charge in [-0.05, 0) is 36.0 Å². The van der Waals surface area contributed by atoms with Crippen molar-refractivity contribution in [1.29, 1.82) is 5.26 Å². The molecule has 0 radical (unpaired) electrons. The van der Waals surface area contributed by atoms with Crippen LogP contribution in [0.15, 0.2) is 54.6 Å². The summed E-state index contributed by atoms with van der Waals surface area (Å²) in [5.41, 5.74) is 3.16. The second kappa shape index (κ2) is 5.92. The molecule has 2 rings (SSSR count). The average Bonchev–Trinajstić information content (AvgIpc) is 2.48. The zero-order valence-electron chi connectivity index (χ0n) is 12.4. The van der Waals surface area contributed by atoms with Crippen LogP contribution in [0, 0.1) is 11.3 Å². The molecule has 0 aliphatic rings. The molecule has 2 aromatic rings. The molecule has 0 N–H and O–H groups in total. The summed E-state index contributed by atoms with van der Waals surface area (Å²) < 4.78 is 0. The Morgan fingerprint density at radius 1 is 1.00 bits per heavy atom. The van der Waals surface area contributed by atoms with Crippen LogP contribution in [-0.2, 0) is 11.8 Å². The number of rotatable bonds is 4. The Kier molecular flexibility index (Phi) is 4.25. The first-order chi connectivity index (χ1) is 9.55. The molecule has 0 amide bonds. The summed E-state index contributed by atoms with van der Waals surface area (Å²) in [4.78, 5) is 0. The van der Waals surface area contributed by atoms with E-state index in [1.807, 2.05) is 37.3 Å². The predicted octanol–water partition coefficient (Wildman–Crippen LogP) is 4.83. The van der Waals surface area contributed by atoms with Gasteiger partial charge in [-0.25, -0.2) is 0 Å². The molecule has 1 unspecified atom stereocenters. The van der Waals surface area contributed by atoms with E-state index in [1.165, 1.54) is 11.1 Å². The summed E-state index contributed by atoms with van der Waals surface area (Å²) in [6, 6.07) is 21.2. The molecule has 20 heavy (non-hydrogen) atoms. The predicted molar refractivity (Wildman–Crippen MR) is 83.6 cm³/mol. The topological polar surface area (TPSA) is 23.8 Å². The smallest absolute Gasteiger partial charge is 0.0834 e. The normalized spacial score (nSPS) is 13.8. The van der Waals surface area contributed by atoms with Gasteiger partial charge in [-0.15, -0.1) is 0 Å². The Bertz CT molecular complexity index is 590. The molecule has 0 bridgehead atoms. The Morgan fingerprint density at radius 2 is 1.60 bits per heavy atom. The summed E-state index contributed by atoms with van der Waals surface area (Å²) in [7, 11) is 0. The van der Waals surface area contributed by atoms with E-state index in [1.54, 1.807) is 0 Å². The monoisotopic (exact) mass is 263 g/mol. The van der Waals surface area contributed by atoms with Crippen LogP contribution >= 0.6 is 0 Å². The largest absolute Gasteiger partial charge is 0.197 e. The lowest BCUT2D eigenvalue weighted by atomic mass is 9.78. The SMILES string of the molecule is CC(C)c1ccc(CC(C)(C#N)c2ccccc2)cc1. The van der Waals surface area contributed by atoms with E-state index in [4.69, 9.17) is 0 Å². The molecule has 102 valence electrons. The van der Waals surface area contributed by atoms with Crippen molar-refractivity contribution >= 4 is 0 Å². The van der Waals surface area contributed by atoms with E-state index in [2.05, 4.69) is 44.2 Å². The quantitative estimate of drug-likeness (QED) is 0.774. The second-order valence-corrected chi connectivity index (χ2v) is 5.88. The highest BCUT2D eigenvalue weighted by molar-refractivity contribution is 5.35. The van der Waals surface area contributed by atoms with Crippen molar-refractivity contribution in [3.63, 3.8) is 0 Å². The van der Waals surface area contributed by atoms with Gasteiger partial charge in [-0.2, -0.15) is 5.26 Å². The fourth-order valence-corrected chi connectivity index (χ4v) is 2.44. The number of benzene rings is 2. The van der Waals surface area contributed by atoms with Gasteiger partial charge in [0.2, 0.25) is 0 Å². The molecule has 1 heteroatoms. The van der Waals surface area contributed by atoms with Gasteiger partial charge in [0, 0.05) is 0 Å². The van der Waals surface area contributed by atoms with Crippen molar-refractivity contribution in [1.82, 2.24) is 0 Å². The van der Waals surface area contributed by atoms with Crippen LogP contribution < -0.4 is 0 Å². The van der Waals surface area contributed by atoms with Crippen molar-refractivity contribution in [2.24, 2.45) is 0 Å². The maximum Gasteiger partial charge on any atom is 0.0834 e. The second-order valence-electron chi connectivity index (χ2n) is 5.88. The number of nitriles is 1. The number of hydrogen-bond donors (Lipinski definition) is 0. The lowest BCUT2D eigenvalue weighted by Crippen LogP contribution is -2.22. The van der Waals surface area contributed by atoms with Crippen LogP contribution in [0.25, 0.3) is 0 Å². The first-order valence-electron chi connectivity index (χ1n) is 7.11. The highest BCUT2D eigenvalue weighted by atomic mass is 14.4. The van der Waals surface area contributed by atoms with Gasteiger partial charge in [0.15, 0.2) is 0 Å². The molecule has 0 saturated heterocycles. The third-order valence-corrected chi connectivity index (χ3v) is 3.86. The first kappa shape index (κ1) is 14.3. The fourth-order valence-electron chi connectivity index (χ4n) is 2.44. The van der Waals surface area contributed by atoms with Crippen LogP contribution in [0.4, 0.5) is 0 Å². The molecule has 0 heterocycles. The molecule has 1 nitrogen and oxygen atoms in total. The van der Waals surface area contributed by atoms with Crippen LogP contribution in [0.1, 0.15) is 43.4 Å². The lowest BCUT2D eigenvalue weighted by Gasteiger charge is -2.22. The van der Waals surface area contributed by atoms with Crippen molar-refractivity contribution < 1.29 is 0 Å². The van der Waals surface area contributed by atoms with Gasteiger partial charge in [-0.1, -0.05) is 68.4 Å². The zero-order valence-corrected chi connectivity index (χ0v) is 12.4. The van der Waals surface area contributed by atoms with Gasteiger partial charge >= 0.3 is 0 Å². The maximum absolute atomic E-state index is 9.59. The van der Waals surface area contributed by atoms with Crippen LogP contribution in [-0.4, -0.2) is 0 Å². The minimum absolute atomic E-state index is 0.472. The molecule has 1 atom stereocenters. The van der Waals surface area contributed by atoms with Crippen molar-refractivity contribution in [2.75, 3.05) is 0 Å². The third-order valence-electron chi connectivity index (χ3n) is 3.86. The molecular weight excluding hydrogens is 242 g/mol. The fraction of sp³-hybridized carbons (Fsp3) is 0.316. The van der Waals surface area contributed by atoms with E-state index in [0.29, 0.717) is 5.92 Å². The van der Waals surface area contributed by atoms with Gasteiger partial charge in [0.25, 0.3) is 0 Å². The van der Waals surface area contributed by atoms with Crippen molar-refractivity contribution in [2.45, 2.75) is 38.5 Å². The van der Waals surface area contributed by atoms with Crippen molar-refractivity contribution in [3.8, 4) is 6.07 Å². The Labute approximate surface area is 121 Å². The number of hydrogen-bond acceptors (Lipinski definition) is 1. The van der Waals surface area contributed by atoms with E-state index >= 15 is 0 Å². The summed E-state index contributed by atoms with van der Waals surface area (Å²) in [5.74, 6) is 0.542. The standard InChI is InChI=1S/C19H21N/c1-15(2)17-11-9-16(10-12-17)13-19(3,14-20)18-7-5-4-6-8-18/h4-12,15H,13H2,1-3H3. The van der Waals surface area contributed by atoms with E-state index in [0.717, 1.165) is 12.0 Å². The molecular formula is C19H21N. The molecule has 0 aromatic heterocycles. The van der Waals surface area contributed by atoms with Gasteiger partial charge in [0.1, 0.15) is 0 Å². The minimum Gasteiger partial charge on any atom is -0.197 e. The van der Waals surface area contributed by atoms with Gasteiger partial charge in [-0.3, -0.25) is 0 Å². The van der Waals surface area contributed by atoms with Crippen molar-refractivity contribution in [3.05, 3.63) is 71.3 Å². The summed E-state index contributed by atoms with van der Waals surface area (Å²) >= 11 is 0. The van der Waals surface area contributed by atoms with Gasteiger partial charge < -0.3 is 0 Å². The first-order valence-corrected chi connectivity index (χ1v) is 7.11. The summed E-state index contributed by atoms with van der Waals surface area (Å²) in [5, 5.41) is 9.59. The van der Waals surface area contributed by atoms with Gasteiger partial charge in [0.05, 0.1) is 11.5 Å². The minimum atomic E-state index is -0.472. The third kappa shape index (κ3) is 3.08. The zero-order chi connectivity index (χ0) is 14.6. The Balaban J connectivity index is 2.25. The molecule has 0 aliphatic carbocycles. The van der Waals surface area contributed by atoms with E-state index < -0.39 is 5.41 Å². The molecule has 0 spiro atoms.